The fourth-order valence-electron chi connectivity index (χ4n) is 5.51. The predicted molar refractivity (Wildman–Crippen MR) is 173 cm³/mol. The number of benzene rings is 4. The van der Waals surface area contributed by atoms with E-state index in [1.54, 1.807) is 31.2 Å². The van der Waals surface area contributed by atoms with E-state index in [2.05, 4.69) is 38.3 Å². The molecule has 1 amide bonds. The topological polar surface area (TPSA) is 86.9 Å². The Labute approximate surface area is 281 Å². The summed E-state index contributed by atoms with van der Waals surface area (Å²) in [6.07, 6.45) is 1.65. The normalized spacial score (nSPS) is 16.5. The van der Waals surface area contributed by atoms with Crippen LogP contribution in [0.2, 0.25) is 5.02 Å². The number of hydrogen-bond donors (Lipinski definition) is 0. The van der Waals surface area contributed by atoms with E-state index in [0.29, 0.717) is 39.7 Å². The Balaban J connectivity index is 0.00000442. The SMILES string of the molecule is CC(c1cc(Br)ccc1Cl)[C@H](/N=C(\c1ccccc1)c1ccccc1[N-]C(=O)[C@@H]1CCCN1Cc1ccccc1)C(=O)[O-].[Ni+2]. The third-order valence-electron chi connectivity index (χ3n) is 7.75. The Morgan fingerprint density at radius 3 is 2.36 bits per heavy atom. The second kappa shape index (κ2) is 15.6. The van der Waals surface area contributed by atoms with E-state index in [-0.39, 0.29) is 28.4 Å². The summed E-state index contributed by atoms with van der Waals surface area (Å²) in [4.78, 5) is 33.2. The number of aliphatic imine (C=N–C) groups is 1. The maximum Gasteiger partial charge on any atom is 2.00 e. The summed E-state index contributed by atoms with van der Waals surface area (Å²) in [6, 6.07) is 30.4. The molecule has 44 heavy (non-hydrogen) atoms. The molecule has 1 heterocycles. The van der Waals surface area contributed by atoms with Gasteiger partial charge in [-0.3, -0.25) is 9.89 Å². The predicted octanol–water partition coefficient (Wildman–Crippen LogP) is 7.06. The molecule has 3 atom stereocenters. The summed E-state index contributed by atoms with van der Waals surface area (Å²) in [5.74, 6) is -2.16. The zero-order valence-electron chi connectivity index (χ0n) is 24.0. The monoisotopic (exact) mass is 713 g/mol. The zero-order valence-corrected chi connectivity index (χ0v) is 27.3. The first-order chi connectivity index (χ1) is 20.8. The first-order valence-corrected chi connectivity index (χ1v) is 15.4. The number of carboxylic acids is 1. The number of halogens is 2. The Morgan fingerprint density at radius 2 is 1.66 bits per heavy atom. The molecule has 1 unspecified atom stereocenters. The minimum absolute atomic E-state index is 0. The number of aliphatic carboxylic acids is 1. The smallest absolute Gasteiger partial charge is 0.625 e. The maximum absolute atomic E-state index is 13.6. The zero-order chi connectivity index (χ0) is 30.3. The maximum atomic E-state index is 13.6. The molecular formula is C35H31BrClN3NiO3. The van der Waals surface area contributed by atoms with Gasteiger partial charge in [0.1, 0.15) is 0 Å². The molecule has 5 rings (SSSR count). The van der Waals surface area contributed by atoms with E-state index in [1.807, 2.05) is 66.7 Å². The summed E-state index contributed by atoms with van der Waals surface area (Å²) < 4.78 is 0.777. The molecule has 0 saturated carbocycles. The molecule has 1 aliphatic heterocycles. The molecule has 1 saturated heterocycles. The summed E-state index contributed by atoms with van der Waals surface area (Å²) in [5, 5.41) is 17.6. The number of carbonyl (C=O) groups is 2. The van der Waals surface area contributed by atoms with Crippen LogP contribution in [0.15, 0.2) is 113 Å². The number of amides is 1. The number of hydrogen-bond acceptors (Lipinski definition) is 5. The number of likely N-dealkylation sites (tertiary alicyclic amines) is 1. The first kappa shape index (κ1) is 33.6. The van der Waals surface area contributed by atoms with E-state index in [9.17, 15) is 14.7 Å². The second-order valence-electron chi connectivity index (χ2n) is 10.6. The molecule has 4 aromatic carbocycles. The van der Waals surface area contributed by atoms with Gasteiger partial charge in [-0.2, -0.15) is 0 Å². The first-order valence-electron chi connectivity index (χ1n) is 14.2. The van der Waals surface area contributed by atoms with Crippen molar-refractivity contribution in [2.75, 3.05) is 6.54 Å². The molecule has 1 fully saturated rings. The van der Waals surface area contributed by atoms with Crippen LogP contribution in [0.4, 0.5) is 5.69 Å². The van der Waals surface area contributed by atoms with Gasteiger partial charge in [0.05, 0.1) is 29.7 Å². The van der Waals surface area contributed by atoms with Crippen molar-refractivity contribution >= 4 is 50.8 Å². The summed E-state index contributed by atoms with van der Waals surface area (Å²) >= 11 is 9.93. The number of nitrogens with zero attached hydrogens (tertiary/aromatic N) is 3. The van der Waals surface area contributed by atoms with Crippen LogP contribution in [0.1, 0.15) is 47.9 Å². The van der Waals surface area contributed by atoms with Crippen LogP contribution in [-0.2, 0) is 32.6 Å². The minimum atomic E-state index is -1.33. The van der Waals surface area contributed by atoms with Crippen LogP contribution >= 0.6 is 27.5 Å². The summed E-state index contributed by atoms with van der Waals surface area (Å²) in [6.45, 7) is 3.26. The van der Waals surface area contributed by atoms with Gasteiger partial charge >= 0.3 is 16.5 Å². The van der Waals surface area contributed by atoms with Gasteiger partial charge in [0.25, 0.3) is 0 Å². The van der Waals surface area contributed by atoms with Crippen molar-refractivity contribution in [2.45, 2.75) is 44.3 Å². The molecule has 6 nitrogen and oxygen atoms in total. The molecule has 4 aromatic rings. The van der Waals surface area contributed by atoms with Crippen LogP contribution in [0.3, 0.4) is 0 Å². The van der Waals surface area contributed by atoms with Crippen molar-refractivity contribution in [2.24, 2.45) is 4.99 Å². The van der Waals surface area contributed by atoms with E-state index >= 15 is 0 Å². The molecule has 0 radical (unpaired) electrons. The quantitative estimate of drug-likeness (QED) is 0.130. The number of rotatable bonds is 10. The Kier molecular flexibility index (Phi) is 11.9. The molecular weight excluding hydrogens is 684 g/mol. The van der Waals surface area contributed by atoms with Gasteiger partial charge in [0.15, 0.2) is 0 Å². The fraction of sp³-hybridized carbons (Fsp3) is 0.229. The van der Waals surface area contributed by atoms with Gasteiger partial charge in [0, 0.05) is 27.5 Å². The Hall–Kier alpha value is -3.29. The molecule has 0 bridgehead atoms. The van der Waals surface area contributed by atoms with Crippen LogP contribution in [0.5, 0.6) is 0 Å². The number of carbonyl (C=O) groups excluding carboxylic acids is 2. The molecule has 0 aromatic heterocycles. The van der Waals surface area contributed by atoms with Gasteiger partial charge < -0.3 is 20.0 Å². The Bertz CT molecular complexity index is 1620. The second-order valence-corrected chi connectivity index (χ2v) is 12.0. The summed E-state index contributed by atoms with van der Waals surface area (Å²) in [7, 11) is 0. The van der Waals surface area contributed by atoms with Crippen LogP contribution in [0, 0.1) is 0 Å². The Morgan fingerprint density at radius 1 is 1.00 bits per heavy atom. The third-order valence-corrected chi connectivity index (χ3v) is 8.58. The number of para-hydroxylation sites is 1. The minimum Gasteiger partial charge on any atom is -0.625 e. The van der Waals surface area contributed by atoms with E-state index in [1.165, 1.54) is 0 Å². The average Bonchev–Trinajstić information content (AvgIpc) is 3.48. The molecule has 0 N–H and O–H groups in total. The van der Waals surface area contributed by atoms with Gasteiger partial charge in [0.2, 0.25) is 0 Å². The standard InChI is InChI=1S/C35H33BrClN3O3.Ni/c1-23(28-21-26(36)18-19-29(28)37)32(35(42)43)39-33(25-13-6-3-7-14-25)27-15-8-9-16-30(27)38-34(41)31-17-10-20-40(31)22-24-11-4-2-5-12-24;/h2-9,11-16,18-19,21,23,31-32H,10,17,20,22H2,1H3,(H2,38,39,41,42,43);/q;+2/p-2/t23?,31-,32-;/m0./s1. The van der Waals surface area contributed by atoms with Gasteiger partial charge in [-0.25, -0.2) is 0 Å². The van der Waals surface area contributed by atoms with Crippen LogP contribution < -0.4 is 5.11 Å². The van der Waals surface area contributed by atoms with Crippen molar-refractivity contribution in [3.8, 4) is 0 Å². The largest absolute Gasteiger partial charge is 2.00 e. The molecule has 9 heteroatoms. The van der Waals surface area contributed by atoms with Gasteiger partial charge in [-0.15, -0.1) is 5.69 Å². The molecule has 0 aliphatic carbocycles. The van der Waals surface area contributed by atoms with Gasteiger partial charge in [-0.1, -0.05) is 119 Å². The van der Waals surface area contributed by atoms with Crippen molar-refractivity contribution in [1.29, 1.82) is 0 Å². The fourth-order valence-corrected chi connectivity index (χ4v) is 6.18. The van der Waals surface area contributed by atoms with Crippen molar-refractivity contribution < 1.29 is 31.2 Å². The van der Waals surface area contributed by atoms with Crippen LogP contribution in [0.25, 0.3) is 5.32 Å². The van der Waals surface area contributed by atoms with E-state index < -0.39 is 17.9 Å². The average molecular weight is 716 g/mol. The van der Waals surface area contributed by atoms with E-state index in [4.69, 9.17) is 16.6 Å². The van der Waals surface area contributed by atoms with Crippen LogP contribution in [-0.4, -0.2) is 41.1 Å². The molecule has 228 valence electrons. The summed E-state index contributed by atoms with van der Waals surface area (Å²) in [5.41, 5.74) is 3.89. The van der Waals surface area contributed by atoms with Crippen molar-refractivity contribution in [1.82, 2.24) is 4.90 Å². The third kappa shape index (κ3) is 8.05. The van der Waals surface area contributed by atoms with Crippen molar-refractivity contribution in [3.63, 3.8) is 0 Å². The van der Waals surface area contributed by atoms with Gasteiger partial charge in [-0.05, 0) is 54.3 Å². The van der Waals surface area contributed by atoms with E-state index in [0.717, 1.165) is 29.4 Å². The molecule has 0 spiro atoms. The molecule has 1 aliphatic rings. The number of carboxylic acid groups (broad SMARTS) is 1. The van der Waals surface area contributed by atoms with Crippen molar-refractivity contribution in [3.05, 3.63) is 140 Å².